The Morgan fingerprint density at radius 2 is 0.977 bits per heavy atom. The molecule has 0 fully saturated rings. The number of H-pyrrole nitrogens is 2. The van der Waals surface area contributed by atoms with Crippen molar-refractivity contribution in [1.29, 1.82) is 0 Å². The second-order valence-corrected chi connectivity index (χ2v) is 10.7. The Balaban J connectivity index is 1.47. The predicted octanol–water partition coefficient (Wildman–Crippen LogP) is 11.1. The number of halogens is 4. The lowest BCUT2D eigenvalue weighted by atomic mass is 9.89. The predicted molar refractivity (Wildman–Crippen MR) is 166 cm³/mol. The van der Waals surface area contributed by atoms with E-state index >= 15 is 0 Å². The number of rotatable bonds is 3. The van der Waals surface area contributed by atoms with E-state index in [1.165, 1.54) is 6.07 Å². The molecule has 0 bridgehead atoms. The maximum absolute atomic E-state index is 13.8. The molecule has 2 heterocycles. The van der Waals surface area contributed by atoms with Crippen LogP contribution in [0.15, 0.2) is 121 Å². The molecule has 0 amide bonds. The van der Waals surface area contributed by atoms with Crippen LogP contribution in [0.3, 0.4) is 0 Å². The van der Waals surface area contributed by atoms with Gasteiger partial charge in [-0.1, -0.05) is 97.1 Å². The van der Waals surface area contributed by atoms with Gasteiger partial charge in [-0.25, -0.2) is 4.39 Å². The molecule has 6 aromatic carbocycles. The van der Waals surface area contributed by atoms with Gasteiger partial charge in [-0.15, -0.1) is 0 Å². The van der Waals surface area contributed by atoms with E-state index in [9.17, 15) is 17.6 Å². The fraction of sp³-hybridized carbons (Fsp3) is 0.0270. The average Bonchev–Trinajstić information content (AvgIpc) is 3.59. The summed E-state index contributed by atoms with van der Waals surface area (Å²) in [6, 6.07) is 36.5. The molecule has 0 spiro atoms. The number of aromatic amines is 2. The monoisotopic (exact) mass is 570 g/mol. The smallest absolute Gasteiger partial charge is 0.354 e. The van der Waals surface area contributed by atoms with Crippen LogP contribution in [-0.4, -0.2) is 9.97 Å². The minimum atomic E-state index is -4.68. The third-order valence-corrected chi connectivity index (χ3v) is 8.25. The van der Waals surface area contributed by atoms with Crippen LogP contribution in [0.2, 0.25) is 0 Å². The van der Waals surface area contributed by atoms with E-state index in [0.717, 1.165) is 71.9 Å². The van der Waals surface area contributed by atoms with Gasteiger partial charge in [0.05, 0.1) is 16.6 Å². The van der Waals surface area contributed by atoms with Crippen molar-refractivity contribution in [2.75, 3.05) is 0 Å². The lowest BCUT2D eigenvalue weighted by molar-refractivity contribution is -0.137. The molecule has 8 aromatic rings. The number of aromatic nitrogens is 2. The van der Waals surface area contributed by atoms with E-state index in [4.69, 9.17) is 0 Å². The molecule has 0 aliphatic heterocycles. The molecule has 0 saturated heterocycles. The highest BCUT2D eigenvalue weighted by atomic mass is 19.4. The van der Waals surface area contributed by atoms with Crippen LogP contribution < -0.4 is 0 Å². The Morgan fingerprint density at radius 3 is 1.53 bits per heavy atom. The number of fused-ring (bicyclic) bond motifs is 6. The first-order chi connectivity index (χ1) is 20.9. The molecule has 0 unspecified atom stereocenters. The standard InChI is InChI=1S/C37H22F4N2/c38-24-18-19-25(28(20-24)37(39,40)41)21-14-16-23(17-15-21)32-34-27-11-5-7-13-30(27)42-35(34)31(22-8-2-1-3-9-22)33-26-10-4-6-12-29(26)43-36(32)33/h1-20,42-43H. The lowest BCUT2D eigenvalue weighted by Gasteiger charge is -2.15. The van der Waals surface area contributed by atoms with Crippen LogP contribution in [0.5, 0.6) is 0 Å². The largest absolute Gasteiger partial charge is 0.417 e. The second-order valence-electron chi connectivity index (χ2n) is 10.7. The number of alkyl halides is 3. The van der Waals surface area contributed by atoms with Crippen LogP contribution >= 0.6 is 0 Å². The third kappa shape index (κ3) is 3.94. The van der Waals surface area contributed by atoms with Crippen molar-refractivity contribution in [3.63, 3.8) is 0 Å². The Morgan fingerprint density at radius 1 is 0.488 bits per heavy atom. The summed E-state index contributed by atoms with van der Waals surface area (Å²) in [4.78, 5) is 7.37. The molecule has 0 saturated carbocycles. The summed E-state index contributed by atoms with van der Waals surface area (Å²) < 4.78 is 55.3. The van der Waals surface area contributed by atoms with Crippen LogP contribution in [-0.2, 0) is 6.18 Å². The zero-order valence-electron chi connectivity index (χ0n) is 22.6. The van der Waals surface area contributed by atoms with Crippen molar-refractivity contribution in [3.05, 3.63) is 133 Å². The topological polar surface area (TPSA) is 31.6 Å². The van der Waals surface area contributed by atoms with E-state index < -0.39 is 17.6 Å². The van der Waals surface area contributed by atoms with Crippen molar-refractivity contribution in [2.24, 2.45) is 0 Å². The summed E-state index contributed by atoms with van der Waals surface area (Å²) in [5.74, 6) is -0.922. The normalized spacial score (nSPS) is 12.2. The quantitative estimate of drug-likeness (QED) is 0.198. The molecular formula is C37H22F4N2. The van der Waals surface area contributed by atoms with Gasteiger partial charge in [0.25, 0.3) is 0 Å². The highest BCUT2D eigenvalue weighted by Gasteiger charge is 2.34. The van der Waals surface area contributed by atoms with E-state index in [2.05, 4.69) is 46.4 Å². The van der Waals surface area contributed by atoms with Crippen molar-refractivity contribution < 1.29 is 17.6 Å². The molecule has 208 valence electrons. The highest BCUT2D eigenvalue weighted by molar-refractivity contribution is 6.31. The van der Waals surface area contributed by atoms with E-state index in [-0.39, 0.29) is 5.56 Å². The van der Waals surface area contributed by atoms with Crippen molar-refractivity contribution >= 4 is 43.6 Å². The zero-order valence-corrected chi connectivity index (χ0v) is 22.6. The first-order valence-corrected chi connectivity index (χ1v) is 13.9. The van der Waals surface area contributed by atoms with Gasteiger partial charge in [0, 0.05) is 43.7 Å². The van der Waals surface area contributed by atoms with Crippen molar-refractivity contribution in [2.45, 2.75) is 6.18 Å². The average molecular weight is 571 g/mol. The number of benzene rings is 6. The summed E-state index contributed by atoms with van der Waals surface area (Å²) >= 11 is 0. The van der Waals surface area contributed by atoms with Gasteiger partial charge in [0.1, 0.15) is 5.82 Å². The number of hydrogen-bond acceptors (Lipinski definition) is 0. The van der Waals surface area contributed by atoms with Gasteiger partial charge >= 0.3 is 6.18 Å². The van der Waals surface area contributed by atoms with Crippen LogP contribution in [0.4, 0.5) is 17.6 Å². The first kappa shape index (κ1) is 25.4. The molecule has 0 radical (unpaired) electrons. The second kappa shape index (κ2) is 9.33. The number of hydrogen-bond donors (Lipinski definition) is 2. The van der Waals surface area contributed by atoms with Gasteiger partial charge in [0.2, 0.25) is 0 Å². The molecule has 8 rings (SSSR count). The van der Waals surface area contributed by atoms with Gasteiger partial charge in [0.15, 0.2) is 0 Å². The first-order valence-electron chi connectivity index (χ1n) is 13.9. The summed E-state index contributed by atoms with van der Waals surface area (Å²) in [5, 5.41) is 4.22. The van der Waals surface area contributed by atoms with Gasteiger partial charge in [-0.05, 0) is 46.5 Å². The molecular weight excluding hydrogens is 548 g/mol. The van der Waals surface area contributed by atoms with Gasteiger partial charge in [-0.3, -0.25) is 0 Å². The zero-order chi connectivity index (χ0) is 29.3. The minimum Gasteiger partial charge on any atom is -0.354 e. The van der Waals surface area contributed by atoms with E-state index in [1.807, 2.05) is 54.6 Å². The Hall–Kier alpha value is -5.36. The van der Waals surface area contributed by atoms with Crippen LogP contribution in [0, 0.1) is 5.82 Å². The Kier molecular flexibility index (Phi) is 5.50. The molecule has 2 nitrogen and oxygen atoms in total. The third-order valence-electron chi connectivity index (χ3n) is 8.25. The van der Waals surface area contributed by atoms with Crippen LogP contribution in [0.1, 0.15) is 5.56 Å². The Bertz CT molecular complexity index is 2320. The summed E-state index contributed by atoms with van der Waals surface area (Å²) in [7, 11) is 0. The number of nitrogens with one attached hydrogen (secondary N) is 2. The van der Waals surface area contributed by atoms with Crippen molar-refractivity contribution in [1.82, 2.24) is 9.97 Å². The molecule has 2 aromatic heterocycles. The van der Waals surface area contributed by atoms with Gasteiger partial charge < -0.3 is 9.97 Å². The summed E-state index contributed by atoms with van der Waals surface area (Å²) in [6.07, 6.45) is -4.68. The van der Waals surface area contributed by atoms with Crippen LogP contribution in [0.25, 0.3) is 77.0 Å². The van der Waals surface area contributed by atoms with E-state index in [0.29, 0.717) is 11.6 Å². The number of para-hydroxylation sites is 2. The fourth-order valence-electron chi connectivity index (χ4n) is 6.43. The SMILES string of the molecule is Fc1ccc(-c2ccc(-c3c4[nH]c5ccccc5c4c(-c4ccccc4)c4[nH]c5ccccc5c34)cc2)c(C(F)(F)F)c1. The summed E-state index contributed by atoms with van der Waals surface area (Å²) in [6.45, 7) is 0. The maximum Gasteiger partial charge on any atom is 0.417 e. The fourth-order valence-corrected chi connectivity index (χ4v) is 6.43. The summed E-state index contributed by atoms with van der Waals surface area (Å²) in [5.41, 5.74) is 7.19. The maximum atomic E-state index is 13.8. The minimum absolute atomic E-state index is 0.0622. The Labute approximate surface area is 243 Å². The van der Waals surface area contributed by atoms with Gasteiger partial charge in [-0.2, -0.15) is 13.2 Å². The molecule has 2 N–H and O–H groups in total. The lowest BCUT2D eigenvalue weighted by Crippen LogP contribution is -2.07. The molecule has 0 aliphatic carbocycles. The molecule has 43 heavy (non-hydrogen) atoms. The van der Waals surface area contributed by atoms with Crippen molar-refractivity contribution in [3.8, 4) is 33.4 Å². The molecule has 0 aliphatic rings. The van der Waals surface area contributed by atoms with E-state index in [1.54, 1.807) is 12.1 Å². The molecule has 6 heteroatoms. The highest BCUT2D eigenvalue weighted by Crippen LogP contribution is 2.48. The molecule has 0 atom stereocenters.